The third-order valence-electron chi connectivity index (χ3n) is 4.81. The van der Waals surface area contributed by atoms with Crippen molar-refractivity contribution in [1.29, 1.82) is 0 Å². The van der Waals surface area contributed by atoms with Crippen molar-refractivity contribution < 1.29 is 14.2 Å². The first-order valence-corrected chi connectivity index (χ1v) is 10.1. The summed E-state index contributed by atoms with van der Waals surface area (Å²) in [6.45, 7) is 6.63. The smallest absolute Gasteiger partial charge is 0.231 e. The Morgan fingerprint density at radius 2 is 2.12 bits per heavy atom. The van der Waals surface area contributed by atoms with E-state index in [1.807, 2.05) is 12.1 Å². The number of guanidine groups is 1. The van der Waals surface area contributed by atoms with Crippen LogP contribution in [0, 0.1) is 5.92 Å². The van der Waals surface area contributed by atoms with Crippen molar-refractivity contribution in [3.63, 3.8) is 0 Å². The van der Waals surface area contributed by atoms with Gasteiger partial charge in [-0.1, -0.05) is 0 Å². The van der Waals surface area contributed by atoms with Crippen LogP contribution in [0.3, 0.4) is 0 Å². The van der Waals surface area contributed by atoms with Gasteiger partial charge < -0.3 is 24.4 Å². The molecule has 0 amide bonds. The maximum atomic E-state index is 5.49. The van der Waals surface area contributed by atoms with Crippen molar-refractivity contribution in [2.24, 2.45) is 10.9 Å². The number of nitrogens with zero attached hydrogens (tertiary/aromatic N) is 2. The lowest BCUT2D eigenvalue weighted by Gasteiger charge is -2.26. The van der Waals surface area contributed by atoms with Crippen LogP contribution >= 0.6 is 15.9 Å². The predicted octanol–water partition coefficient (Wildman–Crippen LogP) is 3.39. The quantitative estimate of drug-likeness (QED) is 0.558. The molecule has 1 saturated heterocycles. The minimum atomic E-state index is 0.276. The van der Waals surface area contributed by atoms with E-state index in [0.717, 1.165) is 59.7 Å². The molecule has 7 heteroatoms. The molecule has 1 N–H and O–H groups in total. The molecule has 0 radical (unpaired) electrons. The molecule has 0 aliphatic carbocycles. The van der Waals surface area contributed by atoms with Gasteiger partial charge in [-0.3, -0.25) is 0 Å². The topological polar surface area (TPSA) is 55.3 Å². The number of nitrogens with one attached hydrogen (secondary N) is 1. The zero-order valence-corrected chi connectivity index (χ0v) is 17.2. The van der Waals surface area contributed by atoms with Crippen molar-refractivity contribution in [3.8, 4) is 11.5 Å². The van der Waals surface area contributed by atoms with Crippen molar-refractivity contribution in [2.75, 3.05) is 40.1 Å². The van der Waals surface area contributed by atoms with Gasteiger partial charge in [0.1, 0.15) is 0 Å². The van der Waals surface area contributed by atoms with Gasteiger partial charge in [-0.25, -0.2) is 4.99 Å². The van der Waals surface area contributed by atoms with Gasteiger partial charge in [-0.15, -0.1) is 0 Å². The minimum absolute atomic E-state index is 0.276. The van der Waals surface area contributed by atoms with E-state index in [4.69, 9.17) is 19.2 Å². The summed E-state index contributed by atoms with van der Waals surface area (Å²) >= 11 is 3.54. The Bertz CT molecular complexity index is 633. The Morgan fingerprint density at radius 3 is 2.88 bits per heavy atom. The number of aliphatic imine (C=N–C) groups is 1. The molecular weight excluding hydrogens is 398 g/mol. The average molecular weight is 426 g/mol. The summed E-state index contributed by atoms with van der Waals surface area (Å²) in [6, 6.07) is 4.05. The SMILES string of the molecule is CCNC(=NCc1cc(Br)c2c(c1)OCO2)N(C)CCC1CCOCC1. The summed E-state index contributed by atoms with van der Waals surface area (Å²) in [4.78, 5) is 7.03. The fraction of sp³-hybridized carbons (Fsp3) is 0.632. The molecule has 0 saturated carbocycles. The number of halogens is 1. The molecule has 0 spiro atoms. The number of hydrogen-bond donors (Lipinski definition) is 1. The molecule has 6 nitrogen and oxygen atoms in total. The van der Waals surface area contributed by atoms with Crippen molar-refractivity contribution in [3.05, 3.63) is 22.2 Å². The molecule has 144 valence electrons. The van der Waals surface area contributed by atoms with Crippen LogP contribution in [0.1, 0.15) is 31.7 Å². The molecule has 1 fully saturated rings. The Kier molecular flexibility index (Phi) is 7.02. The Hall–Kier alpha value is -1.47. The zero-order valence-electron chi connectivity index (χ0n) is 15.6. The lowest BCUT2D eigenvalue weighted by atomic mass is 9.96. The first-order chi connectivity index (χ1) is 12.7. The van der Waals surface area contributed by atoms with Gasteiger partial charge in [-0.05, 0) is 65.7 Å². The third kappa shape index (κ3) is 5.04. The highest BCUT2D eigenvalue weighted by Gasteiger charge is 2.18. The Labute approximate surface area is 164 Å². The van der Waals surface area contributed by atoms with E-state index in [2.05, 4.69) is 40.1 Å². The first kappa shape index (κ1) is 19.3. The van der Waals surface area contributed by atoms with E-state index >= 15 is 0 Å². The molecule has 26 heavy (non-hydrogen) atoms. The van der Waals surface area contributed by atoms with Crippen LogP contribution in [0.4, 0.5) is 0 Å². The fourth-order valence-electron chi connectivity index (χ4n) is 3.27. The van der Waals surface area contributed by atoms with E-state index in [1.165, 1.54) is 19.3 Å². The molecule has 3 rings (SSSR count). The van der Waals surface area contributed by atoms with Crippen molar-refractivity contribution in [2.45, 2.75) is 32.7 Å². The molecule has 2 aliphatic heterocycles. The number of hydrogen-bond acceptors (Lipinski definition) is 4. The molecule has 2 aliphatic rings. The summed E-state index contributed by atoms with van der Waals surface area (Å²) in [5.74, 6) is 3.26. The summed E-state index contributed by atoms with van der Waals surface area (Å²) in [7, 11) is 2.11. The zero-order chi connectivity index (χ0) is 18.4. The van der Waals surface area contributed by atoms with Crippen LogP contribution in [-0.4, -0.2) is 51.0 Å². The molecule has 2 heterocycles. The van der Waals surface area contributed by atoms with Crippen LogP contribution in [0.25, 0.3) is 0 Å². The highest BCUT2D eigenvalue weighted by Crippen LogP contribution is 2.40. The Balaban J connectivity index is 1.60. The second-order valence-corrected chi connectivity index (χ2v) is 7.60. The molecule has 0 aromatic heterocycles. The van der Waals surface area contributed by atoms with Gasteiger partial charge in [0.2, 0.25) is 6.79 Å². The van der Waals surface area contributed by atoms with Crippen molar-refractivity contribution >= 4 is 21.9 Å². The van der Waals surface area contributed by atoms with E-state index in [1.54, 1.807) is 0 Å². The number of benzene rings is 1. The second kappa shape index (κ2) is 9.46. The van der Waals surface area contributed by atoms with E-state index in [9.17, 15) is 0 Å². The summed E-state index contributed by atoms with van der Waals surface area (Å²) in [5.41, 5.74) is 1.09. The van der Waals surface area contributed by atoms with Crippen LogP contribution in [0.15, 0.2) is 21.6 Å². The standard InChI is InChI=1S/C19H28BrN3O3/c1-3-21-19(23(2)7-4-14-5-8-24-9-6-14)22-12-15-10-16(20)18-17(11-15)25-13-26-18/h10-11,14H,3-9,12-13H2,1-2H3,(H,21,22). The number of ether oxygens (including phenoxy) is 3. The maximum absolute atomic E-state index is 5.49. The lowest BCUT2D eigenvalue weighted by Crippen LogP contribution is -2.40. The van der Waals surface area contributed by atoms with Gasteiger partial charge in [0.05, 0.1) is 11.0 Å². The van der Waals surface area contributed by atoms with E-state index < -0.39 is 0 Å². The average Bonchev–Trinajstić information content (AvgIpc) is 3.13. The normalized spacial score (nSPS) is 17.4. The molecular formula is C19H28BrN3O3. The highest BCUT2D eigenvalue weighted by atomic mass is 79.9. The molecule has 1 aromatic carbocycles. The fourth-order valence-corrected chi connectivity index (χ4v) is 3.87. The third-order valence-corrected chi connectivity index (χ3v) is 5.40. The van der Waals surface area contributed by atoms with Gasteiger partial charge >= 0.3 is 0 Å². The van der Waals surface area contributed by atoms with Gasteiger partial charge in [0.15, 0.2) is 17.5 Å². The summed E-state index contributed by atoms with van der Waals surface area (Å²) in [6.07, 6.45) is 3.53. The van der Waals surface area contributed by atoms with Gasteiger partial charge in [-0.2, -0.15) is 0 Å². The Morgan fingerprint density at radius 1 is 1.31 bits per heavy atom. The second-order valence-electron chi connectivity index (χ2n) is 6.75. The molecule has 1 aromatic rings. The van der Waals surface area contributed by atoms with Crippen LogP contribution < -0.4 is 14.8 Å². The van der Waals surface area contributed by atoms with Gasteiger partial charge in [0, 0.05) is 33.4 Å². The lowest BCUT2D eigenvalue weighted by molar-refractivity contribution is 0.0625. The first-order valence-electron chi connectivity index (χ1n) is 9.32. The number of fused-ring (bicyclic) bond motifs is 1. The minimum Gasteiger partial charge on any atom is -0.454 e. The summed E-state index contributed by atoms with van der Waals surface area (Å²) in [5, 5.41) is 3.39. The molecule has 0 bridgehead atoms. The highest BCUT2D eigenvalue weighted by molar-refractivity contribution is 9.10. The summed E-state index contributed by atoms with van der Waals surface area (Å²) < 4.78 is 17.3. The largest absolute Gasteiger partial charge is 0.454 e. The predicted molar refractivity (Wildman–Crippen MR) is 106 cm³/mol. The monoisotopic (exact) mass is 425 g/mol. The maximum Gasteiger partial charge on any atom is 0.231 e. The van der Waals surface area contributed by atoms with E-state index in [0.29, 0.717) is 6.54 Å². The van der Waals surface area contributed by atoms with E-state index in [-0.39, 0.29) is 6.79 Å². The number of rotatable bonds is 6. The molecule has 0 unspecified atom stereocenters. The molecule has 0 atom stereocenters. The van der Waals surface area contributed by atoms with Gasteiger partial charge in [0.25, 0.3) is 0 Å². The van der Waals surface area contributed by atoms with Crippen LogP contribution in [0.2, 0.25) is 0 Å². The van der Waals surface area contributed by atoms with Crippen molar-refractivity contribution in [1.82, 2.24) is 10.2 Å². The van der Waals surface area contributed by atoms with Crippen LogP contribution in [-0.2, 0) is 11.3 Å². The van der Waals surface area contributed by atoms with Crippen LogP contribution in [0.5, 0.6) is 11.5 Å².